The van der Waals surface area contributed by atoms with Crippen LogP contribution in [-0.2, 0) is 9.53 Å². The van der Waals surface area contributed by atoms with E-state index in [1.807, 2.05) is 0 Å². The fourth-order valence-corrected chi connectivity index (χ4v) is 3.47. The Bertz CT molecular complexity index is 335. The van der Waals surface area contributed by atoms with Crippen LogP contribution in [0.15, 0.2) is 12.2 Å². The van der Waals surface area contributed by atoms with E-state index in [2.05, 4.69) is 26.0 Å². The van der Waals surface area contributed by atoms with Crippen molar-refractivity contribution in [2.75, 3.05) is 6.61 Å². The van der Waals surface area contributed by atoms with Gasteiger partial charge in [0.05, 0.1) is 6.61 Å². The average molecular weight is 395 g/mol. The summed E-state index contributed by atoms with van der Waals surface area (Å²) in [5.41, 5.74) is 0. The summed E-state index contributed by atoms with van der Waals surface area (Å²) in [7, 11) is 0. The van der Waals surface area contributed by atoms with Gasteiger partial charge in [-0.25, -0.2) is 0 Å². The summed E-state index contributed by atoms with van der Waals surface area (Å²) >= 11 is 0. The molecule has 2 heteroatoms. The van der Waals surface area contributed by atoms with Crippen LogP contribution in [0, 0.1) is 0 Å². The zero-order valence-electron chi connectivity index (χ0n) is 19.3. The molecule has 166 valence electrons. The van der Waals surface area contributed by atoms with Gasteiger partial charge >= 0.3 is 5.97 Å². The number of hydrogen-bond donors (Lipinski definition) is 0. The Labute approximate surface area is 176 Å². The molecule has 0 aliphatic heterocycles. The maximum absolute atomic E-state index is 11.7. The molecule has 0 atom stereocenters. The van der Waals surface area contributed by atoms with Crippen molar-refractivity contribution in [3.8, 4) is 0 Å². The van der Waals surface area contributed by atoms with Crippen molar-refractivity contribution in [2.45, 2.75) is 142 Å². The van der Waals surface area contributed by atoms with Gasteiger partial charge in [-0.3, -0.25) is 4.79 Å². The zero-order valence-corrected chi connectivity index (χ0v) is 19.3. The molecule has 0 N–H and O–H groups in total. The molecule has 0 amide bonds. The Morgan fingerprint density at radius 3 is 1.64 bits per heavy atom. The molecule has 0 radical (unpaired) electrons. The summed E-state index contributed by atoms with van der Waals surface area (Å²) in [5.74, 6) is 0.00906. The molecule has 0 fully saturated rings. The highest BCUT2D eigenvalue weighted by molar-refractivity contribution is 5.69. The van der Waals surface area contributed by atoms with Crippen LogP contribution in [0.2, 0.25) is 0 Å². The summed E-state index contributed by atoms with van der Waals surface area (Å²) in [4.78, 5) is 11.7. The standard InChI is InChI=1S/C26H50O2/c1-3-5-7-9-11-13-15-16-18-20-22-24-26(27)28-25-23-21-19-17-14-12-10-8-6-4-2/h9,11H,3-8,10,12-25H2,1-2H3. The number of hydrogen-bond acceptors (Lipinski definition) is 2. The molecule has 0 aromatic heterocycles. The van der Waals surface area contributed by atoms with Gasteiger partial charge in [0.25, 0.3) is 0 Å². The first kappa shape index (κ1) is 27.2. The number of ether oxygens (including phenoxy) is 1. The maximum Gasteiger partial charge on any atom is 0.305 e. The quantitative estimate of drug-likeness (QED) is 0.104. The van der Waals surface area contributed by atoms with Crippen molar-refractivity contribution < 1.29 is 9.53 Å². The molecule has 0 aromatic rings. The molecule has 0 unspecified atom stereocenters. The fourth-order valence-electron chi connectivity index (χ4n) is 3.47. The number of esters is 1. The first-order valence-corrected chi connectivity index (χ1v) is 12.6. The van der Waals surface area contributed by atoms with E-state index in [0.717, 1.165) is 19.3 Å². The van der Waals surface area contributed by atoms with E-state index in [-0.39, 0.29) is 5.97 Å². The molecular weight excluding hydrogens is 344 g/mol. The first-order chi connectivity index (χ1) is 13.8. The normalized spacial score (nSPS) is 11.4. The molecule has 0 heterocycles. The summed E-state index contributed by atoms with van der Waals surface area (Å²) in [6, 6.07) is 0. The summed E-state index contributed by atoms with van der Waals surface area (Å²) in [6.07, 6.45) is 29.4. The Morgan fingerprint density at radius 2 is 1.04 bits per heavy atom. The third-order valence-electron chi connectivity index (χ3n) is 5.40. The van der Waals surface area contributed by atoms with E-state index in [4.69, 9.17) is 4.74 Å². The van der Waals surface area contributed by atoms with E-state index in [9.17, 15) is 4.79 Å². The number of allylic oxidation sites excluding steroid dienone is 2. The van der Waals surface area contributed by atoms with Gasteiger partial charge in [-0.1, -0.05) is 116 Å². The highest BCUT2D eigenvalue weighted by Crippen LogP contribution is 2.11. The van der Waals surface area contributed by atoms with Crippen LogP contribution in [0.1, 0.15) is 142 Å². The van der Waals surface area contributed by atoms with Gasteiger partial charge in [-0.15, -0.1) is 0 Å². The summed E-state index contributed by atoms with van der Waals surface area (Å²) in [6.45, 7) is 5.13. The first-order valence-electron chi connectivity index (χ1n) is 12.6. The van der Waals surface area contributed by atoms with E-state index < -0.39 is 0 Å². The Morgan fingerprint density at radius 1 is 0.571 bits per heavy atom. The Hall–Kier alpha value is -0.790. The van der Waals surface area contributed by atoms with E-state index in [0.29, 0.717) is 13.0 Å². The fraction of sp³-hybridized carbons (Fsp3) is 0.885. The predicted octanol–water partition coefficient (Wildman–Crippen LogP) is 8.93. The van der Waals surface area contributed by atoms with Crippen LogP contribution >= 0.6 is 0 Å². The molecule has 0 aliphatic rings. The van der Waals surface area contributed by atoms with Crippen LogP contribution in [-0.4, -0.2) is 12.6 Å². The molecule has 0 saturated carbocycles. The minimum atomic E-state index is 0.00906. The lowest BCUT2D eigenvalue weighted by Gasteiger charge is -2.05. The Balaban J connectivity index is 3.18. The Kier molecular flexibility index (Phi) is 23.6. The number of carbonyl (C=O) groups is 1. The molecular formula is C26H50O2. The van der Waals surface area contributed by atoms with Crippen molar-refractivity contribution in [1.82, 2.24) is 0 Å². The summed E-state index contributed by atoms with van der Waals surface area (Å²) < 4.78 is 5.36. The third kappa shape index (κ3) is 23.2. The van der Waals surface area contributed by atoms with Crippen molar-refractivity contribution >= 4 is 5.97 Å². The highest BCUT2D eigenvalue weighted by atomic mass is 16.5. The summed E-state index contributed by atoms with van der Waals surface area (Å²) in [5, 5.41) is 0. The molecule has 28 heavy (non-hydrogen) atoms. The van der Waals surface area contributed by atoms with Crippen molar-refractivity contribution in [2.24, 2.45) is 0 Å². The molecule has 0 rings (SSSR count). The minimum absolute atomic E-state index is 0.00906. The van der Waals surface area contributed by atoms with Crippen LogP contribution in [0.25, 0.3) is 0 Å². The van der Waals surface area contributed by atoms with Crippen molar-refractivity contribution in [3.05, 3.63) is 12.2 Å². The van der Waals surface area contributed by atoms with E-state index in [1.54, 1.807) is 0 Å². The second-order valence-electron chi connectivity index (χ2n) is 8.32. The second-order valence-corrected chi connectivity index (χ2v) is 8.32. The number of unbranched alkanes of at least 4 members (excludes halogenated alkanes) is 16. The predicted molar refractivity (Wildman–Crippen MR) is 124 cm³/mol. The number of rotatable bonds is 22. The van der Waals surface area contributed by atoms with Gasteiger partial charge in [0.15, 0.2) is 0 Å². The van der Waals surface area contributed by atoms with E-state index >= 15 is 0 Å². The van der Waals surface area contributed by atoms with Gasteiger partial charge in [-0.05, 0) is 32.1 Å². The molecule has 0 spiro atoms. The van der Waals surface area contributed by atoms with Crippen LogP contribution < -0.4 is 0 Å². The molecule has 0 aliphatic carbocycles. The minimum Gasteiger partial charge on any atom is -0.466 e. The van der Waals surface area contributed by atoms with Crippen molar-refractivity contribution in [1.29, 1.82) is 0 Å². The lowest BCUT2D eigenvalue weighted by atomic mass is 10.1. The molecule has 0 aromatic carbocycles. The van der Waals surface area contributed by atoms with Gasteiger partial charge in [0.2, 0.25) is 0 Å². The van der Waals surface area contributed by atoms with Crippen molar-refractivity contribution in [3.63, 3.8) is 0 Å². The van der Waals surface area contributed by atoms with Crippen LogP contribution in [0.4, 0.5) is 0 Å². The van der Waals surface area contributed by atoms with E-state index in [1.165, 1.54) is 103 Å². The topological polar surface area (TPSA) is 26.3 Å². The lowest BCUT2D eigenvalue weighted by Crippen LogP contribution is -2.05. The van der Waals surface area contributed by atoms with Gasteiger partial charge in [-0.2, -0.15) is 0 Å². The molecule has 2 nitrogen and oxygen atoms in total. The van der Waals surface area contributed by atoms with Crippen LogP contribution in [0.5, 0.6) is 0 Å². The SMILES string of the molecule is CCCCC=CCCCCCCCC(=O)OCCCCCCCCCCCC. The monoisotopic (exact) mass is 394 g/mol. The average Bonchev–Trinajstić information content (AvgIpc) is 2.70. The number of carbonyl (C=O) groups excluding carboxylic acids is 1. The second kappa shape index (κ2) is 24.2. The largest absolute Gasteiger partial charge is 0.466 e. The lowest BCUT2D eigenvalue weighted by molar-refractivity contribution is -0.143. The molecule has 0 bridgehead atoms. The van der Waals surface area contributed by atoms with Gasteiger partial charge in [0.1, 0.15) is 0 Å². The smallest absolute Gasteiger partial charge is 0.305 e. The highest BCUT2D eigenvalue weighted by Gasteiger charge is 2.02. The maximum atomic E-state index is 11.7. The van der Waals surface area contributed by atoms with Gasteiger partial charge in [0, 0.05) is 6.42 Å². The van der Waals surface area contributed by atoms with Crippen LogP contribution in [0.3, 0.4) is 0 Å². The zero-order chi connectivity index (χ0) is 20.5. The van der Waals surface area contributed by atoms with Gasteiger partial charge < -0.3 is 4.74 Å². The molecule has 0 saturated heterocycles. The third-order valence-corrected chi connectivity index (χ3v) is 5.40.